The van der Waals surface area contributed by atoms with Gasteiger partial charge in [0.15, 0.2) is 0 Å². The van der Waals surface area contributed by atoms with Gasteiger partial charge in [0, 0.05) is 37.4 Å². The molecule has 156 valence electrons. The van der Waals surface area contributed by atoms with Gasteiger partial charge in [0.2, 0.25) is 0 Å². The molecule has 1 heterocycles. The van der Waals surface area contributed by atoms with Crippen LogP contribution >= 0.6 is 0 Å². The highest BCUT2D eigenvalue weighted by atomic mass is 32.2. The van der Waals surface area contributed by atoms with Crippen molar-refractivity contribution in [2.75, 3.05) is 38.1 Å². The van der Waals surface area contributed by atoms with Crippen LogP contribution in [0.2, 0.25) is 0 Å². The van der Waals surface area contributed by atoms with Crippen LogP contribution in [0.1, 0.15) is 15.9 Å². The van der Waals surface area contributed by atoms with Gasteiger partial charge in [-0.05, 0) is 43.4 Å². The molecule has 0 aliphatic carbocycles. The molecule has 0 saturated carbocycles. The second-order valence-electron chi connectivity index (χ2n) is 6.77. The van der Waals surface area contributed by atoms with Gasteiger partial charge in [-0.25, -0.2) is 13.1 Å². The molecule has 2 aromatic carbocycles. The molecule has 1 amide bonds. The summed E-state index contributed by atoms with van der Waals surface area (Å²) >= 11 is 0. The Morgan fingerprint density at radius 3 is 2.14 bits per heavy atom. The lowest BCUT2D eigenvalue weighted by Gasteiger charge is -2.34. The zero-order chi connectivity index (χ0) is 21.2. The molecule has 10 heteroatoms. The van der Waals surface area contributed by atoms with Crippen LogP contribution in [0, 0.1) is 0 Å². The summed E-state index contributed by atoms with van der Waals surface area (Å²) in [4.78, 5) is 15.7. The topological polar surface area (TPSA) is 69.7 Å². The Bertz CT molecular complexity index is 984. The number of nitrogens with one attached hydrogen (secondary N) is 1. The first kappa shape index (κ1) is 21.1. The summed E-state index contributed by atoms with van der Waals surface area (Å²) in [6, 6.07) is 10.0. The van der Waals surface area contributed by atoms with Gasteiger partial charge < -0.3 is 9.80 Å². The first-order chi connectivity index (χ1) is 13.6. The van der Waals surface area contributed by atoms with Crippen LogP contribution in [0.25, 0.3) is 0 Å². The van der Waals surface area contributed by atoms with Crippen LogP contribution in [-0.2, 0) is 16.2 Å². The molecule has 0 spiro atoms. The number of likely N-dealkylation sites (N-methyl/N-ethyl adjacent to an activating group) is 1. The lowest BCUT2D eigenvalue weighted by atomic mass is 10.1. The van der Waals surface area contributed by atoms with Crippen molar-refractivity contribution < 1.29 is 26.4 Å². The lowest BCUT2D eigenvalue weighted by molar-refractivity contribution is -0.139. The Kier molecular flexibility index (Phi) is 5.85. The Labute approximate surface area is 167 Å². The summed E-state index contributed by atoms with van der Waals surface area (Å²) in [5.74, 6) is -0.994. The fourth-order valence-electron chi connectivity index (χ4n) is 3.06. The van der Waals surface area contributed by atoms with E-state index in [9.17, 15) is 26.4 Å². The van der Waals surface area contributed by atoms with Crippen molar-refractivity contribution in [3.63, 3.8) is 0 Å². The number of nitrogens with zero attached hydrogens (tertiary/aromatic N) is 2. The Balaban J connectivity index is 1.76. The molecule has 6 nitrogen and oxygen atoms in total. The highest BCUT2D eigenvalue weighted by Gasteiger charge is 2.37. The van der Waals surface area contributed by atoms with Crippen molar-refractivity contribution in [3.05, 3.63) is 59.7 Å². The number of carbonyl (C=O) groups excluding carboxylic acids is 1. The van der Waals surface area contributed by atoms with Gasteiger partial charge in [0.25, 0.3) is 15.9 Å². The van der Waals surface area contributed by atoms with Gasteiger partial charge in [0.1, 0.15) is 0 Å². The van der Waals surface area contributed by atoms with Crippen LogP contribution < -0.4 is 9.62 Å². The molecule has 0 aromatic heterocycles. The fraction of sp³-hybridized carbons (Fsp3) is 0.316. The number of benzene rings is 2. The van der Waals surface area contributed by atoms with Gasteiger partial charge in [-0.2, -0.15) is 13.2 Å². The monoisotopic (exact) mass is 427 g/mol. The molecule has 1 fully saturated rings. The van der Waals surface area contributed by atoms with E-state index in [1.54, 1.807) is 16.9 Å². The number of alkyl halides is 3. The van der Waals surface area contributed by atoms with E-state index in [1.165, 1.54) is 18.2 Å². The van der Waals surface area contributed by atoms with E-state index in [0.717, 1.165) is 44.0 Å². The average molecular weight is 427 g/mol. The summed E-state index contributed by atoms with van der Waals surface area (Å²) in [5.41, 5.74) is -0.401. The number of halogens is 3. The first-order valence-electron chi connectivity index (χ1n) is 8.85. The summed E-state index contributed by atoms with van der Waals surface area (Å²) in [7, 11) is -2.66. The Morgan fingerprint density at radius 1 is 0.966 bits per heavy atom. The maximum Gasteiger partial charge on any atom is 0.417 e. The van der Waals surface area contributed by atoms with Crippen molar-refractivity contribution in [1.29, 1.82) is 0 Å². The number of hydrogen-bond acceptors (Lipinski definition) is 5. The second-order valence-corrected chi connectivity index (χ2v) is 8.42. The smallest absolute Gasteiger partial charge is 0.369 e. The number of piperazine rings is 1. The van der Waals surface area contributed by atoms with Crippen molar-refractivity contribution in [3.8, 4) is 0 Å². The highest BCUT2D eigenvalue weighted by molar-refractivity contribution is 7.90. The van der Waals surface area contributed by atoms with Gasteiger partial charge in [0.05, 0.1) is 10.5 Å². The van der Waals surface area contributed by atoms with Crippen LogP contribution in [0.3, 0.4) is 0 Å². The maximum atomic E-state index is 13.1. The van der Waals surface area contributed by atoms with Crippen LogP contribution in [0.4, 0.5) is 18.9 Å². The van der Waals surface area contributed by atoms with Crippen LogP contribution in [0.5, 0.6) is 0 Å². The van der Waals surface area contributed by atoms with Gasteiger partial charge >= 0.3 is 6.18 Å². The predicted octanol–water partition coefficient (Wildman–Crippen LogP) is 2.58. The third kappa shape index (κ3) is 4.88. The normalized spacial score (nSPS) is 15.9. The number of carbonyl (C=O) groups is 1. The number of sulfonamides is 1. The molecule has 2 aromatic rings. The number of anilines is 1. The summed E-state index contributed by atoms with van der Waals surface area (Å²) < 4.78 is 65.8. The predicted molar refractivity (Wildman–Crippen MR) is 102 cm³/mol. The molecule has 3 rings (SSSR count). The third-order valence-electron chi connectivity index (χ3n) is 4.71. The minimum atomic E-state index is -4.86. The SMILES string of the molecule is CN1CCN(c2ccc(C(=O)NS(=O)(=O)c3ccccc3C(F)(F)F)cc2)CC1. The van der Waals surface area contributed by atoms with E-state index in [2.05, 4.69) is 9.80 Å². The standard InChI is InChI=1S/C19H20F3N3O3S/c1-24-10-12-25(13-11-24)15-8-6-14(7-9-15)18(26)23-29(27,28)17-5-3-2-4-16(17)19(20,21)22/h2-9H,10-13H2,1H3,(H,23,26). The molecule has 1 aliphatic heterocycles. The highest BCUT2D eigenvalue weighted by Crippen LogP contribution is 2.33. The van der Waals surface area contributed by atoms with E-state index < -0.39 is 32.6 Å². The molecule has 0 bridgehead atoms. The molecule has 0 unspecified atom stereocenters. The summed E-state index contributed by atoms with van der Waals surface area (Å²) in [6.45, 7) is 3.45. The number of rotatable bonds is 4. The van der Waals surface area contributed by atoms with Crippen LogP contribution in [0.15, 0.2) is 53.4 Å². The Hall–Kier alpha value is -2.59. The molecule has 0 radical (unpaired) electrons. The molecule has 0 atom stereocenters. The molecule has 1 saturated heterocycles. The Morgan fingerprint density at radius 2 is 1.55 bits per heavy atom. The van der Waals surface area contributed by atoms with E-state index in [-0.39, 0.29) is 5.56 Å². The van der Waals surface area contributed by atoms with E-state index in [4.69, 9.17) is 0 Å². The minimum Gasteiger partial charge on any atom is -0.369 e. The van der Waals surface area contributed by atoms with Crippen molar-refractivity contribution in [2.24, 2.45) is 0 Å². The van der Waals surface area contributed by atoms with Gasteiger partial charge in [-0.1, -0.05) is 12.1 Å². The summed E-state index contributed by atoms with van der Waals surface area (Å²) in [6.07, 6.45) is -4.86. The quantitative estimate of drug-likeness (QED) is 0.812. The van der Waals surface area contributed by atoms with E-state index in [1.807, 2.05) is 7.05 Å². The van der Waals surface area contributed by atoms with Crippen molar-refractivity contribution in [2.45, 2.75) is 11.1 Å². The summed E-state index contributed by atoms with van der Waals surface area (Å²) in [5, 5.41) is 0. The van der Waals surface area contributed by atoms with Crippen molar-refractivity contribution >= 4 is 21.6 Å². The second kappa shape index (κ2) is 8.03. The van der Waals surface area contributed by atoms with Crippen LogP contribution in [-0.4, -0.2) is 52.5 Å². The number of hydrogen-bond donors (Lipinski definition) is 1. The van der Waals surface area contributed by atoms with E-state index in [0.29, 0.717) is 6.07 Å². The average Bonchev–Trinajstić information content (AvgIpc) is 2.68. The van der Waals surface area contributed by atoms with E-state index >= 15 is 0 Å². The molecule has 1 N–H and O–H groups in total. The number of amides is 1. The molecule has 1 aliphatic rings. The maximum absolute atomic E-state index is 13.1. The fourth-order valence-corrected chi connectivity index (χ4v) is 4.26. The first-order valence-corrected chi connectivity index (χ1v) is 10.3. The third-order valence-corrected chi connectivity index (χ3v) is 6.10. The zero-order valence-electron chi connectivity index (χ0n) is 15.6. The minimum absolute atomic E-state index is 0.0379. The van der Waals surface area contributed by atoms with Gasteiger partial charge in [-0.3, -0.25) is 4.79 Å². The van der Waals surface area contributed by atoms with Crippen molar-refractivity contribution in [1.82, 2.24) is 9.62 Å². The molecular formula is C19H20F3N3O3S. The molecular weight excluding hydrogens is 407 g/mol. The van der Waals surface area contributed by atoms with Gasteiger partial charge in [-0.15, -0.1) is 0 Å². The lowest BCUT2D eigenvalue weighted by Crippen LogP contribution is -2.44. The largest absolute Gasteiger partial charge is 0.417 e. The zero-order valence-corrected chi connectivity index (χ0v) is 16.4. The molecule has 29 heavy (non-hydrogen) atoms.